The summed E-state index contributed by atoms with van der Waals surface area (Å²) >= 11 is 6.37. The predicted octanol–water partition coefficient (Wildman–Crippen LogP) is 4.07. The van der Waals surface area contributed by atoms with E-state index in [0.717, 1.165) is 25.9 Å². The zero-order valence-corrected chi connectivity index (χ0v) is 11.8. The third kappa shape index (κ3) is 3.25. The predicted molar refractivity (Wildman–Crippen MR) is 73.9 cm³/mol. The summed E-state index contributed by atoms with van der Waals surface area (Å²) in [6.07, 6.45) is 2.84. The van der Waals surface area contributed by atoms with Gasteiger partial charge in [-0.25, -0.2) is 0 Å². The molecule has 18 heavy (non-hydrogen) atoms. The Morgan fingerprint density at radius 2 is 2.17 bits per heavy atom. The van der Waals surface area contributed by atoms with E-state index in [1.165, 1.54) is 11.1 Å². The van der Waals surface area contributed by atoms with Crippen LogP contribution in [0.5, 0.6) is 0 Å². The Balaban J connectivity index is 1.93. The van der Waals surface area contributed by atoms with Crippen molar-refractivity contribution in [2.45, 2.75) is 50.9 Å². The zero-order valence-electron chi connectivity index (χ0n) is 11.1. The van der Waals surface area contributed by atoms with Gasteiger partial charge in [0.1, 0.15) is 6.10 Å². The number of fused-ring (bicyclic) bond motifs is 1. The highest BCUT2D eigenvalue weighted by Gasteiger charge is 2.32. The average Bonchev–Trinajstić information content (AvgIpc) is 2.67. The maximum absolute atomic E-state index is 6.37. The van der Waals surface area contributed by atoms with Crippen molar-refractivity contribution in [1.29, 1.82) is 0 Å². The Bertz CT molecular complexity index is 381. The molecular weight excluding hydrogens is 248 g/mol. The molecular formula is C15H21ClO2. The van der Waals surface area contributed by atoms with Gasteiger partial charge in [0.05, 0.1) is 5.38 Å². The largest absolute Gasteiger partial charge is 0.353 e. The molecule has 0 spiro atoms. The molecule has 3 unspecified atom stereocenters. The van der Waals surface area contributed by atoms with Crippen LogP contribution in [0.3, 0.4) is 0 Å². The number of benzene rings is 1. The highest BCUT2D eigenvalue weighted by molar-refractivity contribution is 6.21. The quantitative estimate of drug-likeness (QED) is 0.440. The molecule has 0 N–H and O–H groups in total. The first-order valence-electron chi connectivity index (χ1n) is 6.71. The minimum Gasteiger partial charge on any atom is -0.353 e. The second-order valence-corrected chi connectivity index (χ2v) is 5.33. The van der Waals surface area contributed by atoms with Crippen molar-refractivity contribution in [2.75, 3.05) is 6.61 Å². The molecule has 0 amide bonds. The maximum Gasteiger partial charge on any atom is 0.155 e. The molecule has 1 aromatic carbocycles. The van der Waals surface area contributed by atoms with E-state index in [9.17, 15) is 0 Å². The van der Waals surface area contributed by atoms with Crippen molar-refractivity contribution in [1.82, 2.24) is 0 Å². The molecule has 2 rings (SSSR count). The zero-order chi connectivity index (χ0) is 13.0. The molecule has 0 aliphatic heterocycles. The summed E-state index contributed by atoms with van der Waals surface area (Å²) in [5.74, 6) is 0. The summed E-state index contributed by atoms with van der Waals surface area (Å²) in [6, 6.07) is 8.30. The van der Waals surface area contributed by atoms with E-state index in [-0.39, 0.29) is 17.8 Å². The monoisotopic (exact) mass is 268 g/mol. The fourth-order valence-electron chi connectivity index (χ4n) is 2.31. The van der Waals surface area contributed by atoms with Crippen molar-refractivity contribution >= 4 is 11.6 Å². The third-order valence-electron chi connectivity index (χ3n) is 3.29. The van der Waals surface area contributed by atoms with Gasteiger partial charge in [-0.3, -0.25) is 0 Å². The summed E-state index contributed by atoms with van der Waals surface area (Å²) in [4.78, 5) is 0. The fourth-order valence-corrected chi connectivity index (χ4v) is 2.67. The van der Waals surface area contributed by atoms with Crippen LogP contribution in [-0.4, -0.2) is 18.3 Å². The Morgan fingerprint density at radius 3 is 2.94 bits per heavy atom. The van der Waals surface area contributed by atoms with Gasteiger partial charge in [0.15, 0.2) is 6.29 Å². The van der Waals surface area contributed by atoms with Crippen LogP contribution >= 0.6 is 11.6 Å². The first-order chi connectivity index (χ1) is 8.72. The van der Waals surface area contributed by atoms with E-state index < -0.39 is 0 Å². The molecule has 2 nitrogen and oxygen atoms in total. The van der Waals surface area contributed by atoms with Gasteiger partial charge in [-0.05, 0) is 30.9 Å². The van der Waals surface area contributed by atoms with Gasteiger partial charge in [-0.1, -0.05) is 37.6 Å². The minimum atomic E-state index is -0.200. The van der Waals surface area contributed by atoms with E-state index in [0.29, 0.717) is 0 Å². The van der Waals surface area contributed by atoms with Crippen molar-refractivity contribution in [3.8, 4) is 0 Å². The van der Waals surface area contributed by atoms with Gasteiger partial charge in [0.25, 0.3) is 0 Å². The van der Waals surface area contributed by atoms with E-state index in [4.69, 9.17) is 21.1 Å². The summed E-state index contributed by atoms with van der Waals surface area (Å²) in [7, 11) is 0. The molecule has 1 aromatic rings. The highest BCUT2D eigenvalue weighted by atomic mass is 35.5. The summed E-state index contributed by atoms with van der Waals surface area (Å²) in [5.41, 5.74) is 2.51. The van der Waals surface area contributed by atoms with E-state index >= 15 is 0 Å². The van der Waals surface area contributed by atoms with Gasteiger partial charge in [-0.15, -0.1) is 11.6 Å². The first-order valence-corrected chi connectivity index (χ1v) is 7.15. The molecule has 0 bridgehead atoms. The molecule has 0 heterocycles. The van der Waals surface area contributed by atoms with Crippen molar-refractivity contribution in [3.05, 3.63) is 35.4 Å². The fraction of sp³-hybridized carbons (Fsp3) is 0.600. The van der Waals surface area contributed by atoms with Crippen molar-refractivity contribution in [3.63, 3.8) is 0 Å². The van der Waals surface area contributed by atoms with Gasteiger partial charge < -0.3 is 9.47 Å². The van der Waals surface area contributed by atoms with Crippen molar-refractivity contribution < 1.29 is 9.47 Å². The Hall–Kier alpha value is -0.570. The smallest absolute Gasteiger partial charge is 0.155 e. The first kappa shape index (κ1) is 13.9. The SMILES string of the molecule is CCCCOC(C)OC1c2ccccc2CC1Cl. The molecule has 0 radical (unpaired) electrons. The number of hydrogen-bond donors (Lipinski definition) is 0. The summed E-state index contributed by atoms with van der Waals surface area (Å²) in [5, 5.41) is 0.0135. The lowest BCUT2D eigenvalue weighted by molar-refractivity contribution is -0.160. The molecule has 3 atom stereocenters. The normalized spacial score (nSPS) is 23.9. The van der Waals surface area contributed by atoms with E-state index in [1.54, 1.807) is 0 Å². The summed E-state index contributed by atoms with van der Waals surface area (Å²) < 4.78 is 11.6. The van der Waals surface area contributed by atoms with Gasteiger partial charge in [0, 0.05) is 6.61 Å². The standard InChI is InChI=1S/C15H21ClO2/c1-3-4-9-17-11(2)18-15-13-8-6-5-7-12(13)10-14(15)16/h5-8,11,14-15H,3-4,9-10H2,1-2H3. The van der Waals surface area contributed by atoms with Crippen LogP contribution in [0.15, 0.2) is 24.3 Å². The number of hydrogen-bond acceptors (Lipinski definition) is 2. The van der Waals surface area contributed by atoms with Gasteiger partial charge in [0.2, 0.25) is 0 Å². The molecule has 0 saturated carbocycles. The van der Waals surface area contributed by atoms with Crippen LogP contribution in [0, 0.1) is 0 Å². The molecule has 100 valence electrons. The van der Waals surface area contributed by atoms with Crippen LogP contribution in [0.2, 0.25) is 0 Å². The second kappa shape index (κ2) is 6.55. The maximum atomic E-state index is 6.37. The molecule has 0 saturated heterocycles. The number of ether oxygens (including phenoxy) is 2. The molecule has 3 heteroatoms. The summed E-state index contributed by atoms with van der Waals surface area (Å²) in [6.45, 7) is 4.84. The van der Waals surface area contributed by atoms with Crippen LogP contribution in [-0.2, 0) is 15.9 Å². The number of alkyl halides is 1. The lowest BCUT2D eigenvalue weighted by atomic mass is 10.1. The van der Waals surface area contributed by atoms with Crippen LogP contribution in [0.1, 0.15) is 43.9 Å². The number of unbranched alkanes of at least 4 members (excludes halogenated alkanes) is 1. The Kier molecular flexibility index (Phi) is 5.04. The topological polar surface area (TPSA) is 18.5 Å². The second-order valence-electron chi connectivity index (χ2n) is 4.77. The highest BCUT2D eigenvalue weighted by Crippen LogP contribution is 2.38. The van der Waals surface area contributed by atoms with E-state index in [1.807, 2.05) is 19.1 Å². The van der Waals surface area contributed by atoms with Gasteiger partial charge in [-0.2, -0.15) is 0 Å². The average molecular weight is 269 g/mol. The lowest BCUT2D eigenvalue weighted by Gasteiger charge is -2.22. The molecule has 0 aromatic heterocycles. The lowest BCUT2D eigenvalue weighted by Crippen LogP contribution is -2.21. The van der Waals surface area contributed by atoms with Crippen molar-refractivity contribution in [2.24, 2.45) is 0 Å². The Morgan fingerprint density at radius 1 is 1.39 bits per heavy atom. The van der Waals surface area contributed by atoms with E-state index in [2.05, 4.69) is 19.1 Å². The van der Waals surface area contributed by atoms with Gasteiger partial charge >= 0.3 is 0 Å². The number of halogens is 1. The molecule has 1 aliphatic carbocycles. The number of rotatable bonds is 6. The third-order valence-corrected chi connectivity index (χ3v) is 3.68. The van der Waals surface area contributed by atoms with Crippen LogP contribution in [0.25, 0.3) is 0 Å². The van der Waals surface area contributed by atoms with Crippen LogP contribution in [0.4, 0.5) is 0 Å². The van der Waals surface area contributed by atoms with Crippen LogP contribution < -0.4 is 0 Å². The minimum absolute atomic E-state index is 0.0135. The molecule has 1 aliphatic rings. The molecule has 0 fully saturated rings. The Labute approximate surface area is 114 Å².